The Morgan fingerprint density at radius 1 is 1.29 bits per heavy atom. The van der Waals surface area contributed by atoms with Gasteiger partial charge in [0.1, 0.15) is 0 Å². The Morgan fingerprint density at radius 3 is 2.59 bits per heavy atom. The van der Waals surface area contributed by atoms with Crippen LogP contribution in [0, 0.1) is 0 Å². The summed E-state index contributed by atoms with van der Waals surface area (Å²) in [6, 6.07) is 8.11. The first-order valence-corrected chi connectivity index (χ1v) is 6.67. The average molecular weight is 256 g/mol. The Hall–Kier alpha value is -0.570. The van der Waals surface area contributed by atoms with Crippen LogP contribution in [-0.2, 0) is 4.74 Å². The number of rotatable bonds is 7. The molecule has 1 aromatic rings. The zero-order valence-corrected chi connectivity index (χ0v) is 11.6. The lowest BCUT2D eigenvalue weighted by Crippen LogP contribution is -2.32. The van der Waals surface area contributed by atoms with Crippen molar-refractivity contribution >= 4 is 11.6 Å². The Balaban J connectivity index is 2.85. The van der Waals surface area contributed by atoms with E-state index in [1.54, 1.807) is 0 Å². The lowest BCUT2D eigenvalue weighted by Gasteiger charge is -2.26. The summed E-state index contributed by atoms with van der Waals surface area (Å²) in [5.41, 5.74) is 1.11. The Kier molecular flexibility index (Phi) is 6.56. The summed E-state index contributed by atoms with van der Waals surface area (Å²) in [5.74, 6) is 0. The topological polar surface area (TPSA) is 21.3 Å². The van der Waals surface area contributed by atoms with E-state index in [2.05, 4.69) is 25.2 Å². The number of halogens is 1. The molecule has 1 aromatic carbocycles. The number of hydrogen-bond acceptors (Lipinski definition) is 2. The van der Waals surface area contributed by atoms with Gasteiger partial charge in [-0.3, -0.25) is 0 Å². The van der Waals surface area contributed by atoms with Crippen molar-refractivity contribution < 1.29 is 4.74 Å². The van der Waals surface area contributed by atoms with Crippen molar-refractivity contribution in [2.75, 3.05) is 13.2 Å². The normalized spacial score (nSPS) is 14.6. The van der Waals surface area contributed by atoms with Crippen LogP contribution >= 0.6 is 11.6 Å². The van der Waals surface area contributed by atoms with Crippen LogP contribution in [-0.4, -0.2) is 19.3 Å². The van der Waals surface area contributed by atoms with Gasteiger partial charge in [0.05, 0.1) is 12.1 Å². The van der Waals surface area contributed by atoms with Crippen LogP contribution in [0.5, 0.6) is 0 Å². The van der Waals surface area contributed by atoms with Crippen molar-refractivity contribution in [2.45, 2.75) is 39.3 Å². The van der Waals surface area contributed by atoms with E-state index in [1.165, 1.54) is 0 Å². The zero-order valence-electron chi connectivity index (χ0n) is 10.9. The van der Waals surface area contributed by atoms with E-state index in [1.807, 2.05) is 25.1 Å². The third kappa shape index (κ3) is 4.30. The van der Waals surface area contributed by atoms with Crippen molar-refractivity contribution in [2.24, 2.45) is 0 Å². The average Bonchev–Trinajstić information content (AvgIpc) is 2.32. The third-order valence-electron chi connectivity index (χ3n) is 2.75. The molecular formula is C14H22ClNO. The van der Waals surface area contributed by atoms with Gasteiger partial charge in [0.25, 0.3) is 0 Å². The fourth-order valence-electron chi connectivity index (χ4n) is 1.92. The molecule has 0 saturated carbocycles. The minimum Gasteiger partial charge on any atom is -0.377 e. The first-order chi connectivity index (χ1) is 8.20. The van der Waals surface area contributed by atoms with E-state index in [4.69, 9.17) is 16.3 Å². The summed E-state index contributed by atoms with van der Waals surface area (Å²) in [6.07, 6.45) is 1.21. The highest BCUT2D eigenvalue weighted by Crippen LogP contribution is 2.26. The molecule has 3 heteroatoms. The molecule has 0 aliphatic heterocycles. The second kappa shape index (κ2) is 7.70. The second-order valence-corrected chi connectivity index (χ2v) is 4.52. The first kappa shape index (κ1) is 14.5. The molecule has 1 rings (SSSR count). The molecule has 0 aliphatic carbocycles. The summed E-state index contributed by atoms with van der Waals surface area (Å²) in [6.45, 7) is 7.94. The molecule has 0 spiro atoms. The smallest absolute Gasteiger partial charge is 0.0742 e. The molecular weight excluding hydrogens is 234 g/mol. The second-order valence-electron chi connectivity index (χ2n) is 4.11. The molecule has 0 saturated heterocycles. The van der Waals surface area contributed by atoms with Crippen molar-refractivity contribution in [3.05, 3.63) is 34.9 Å². The summed E-state index contributed by atoms with van der Waals surface area (Å²) in [7, 11) is 0. The van der Waals surface area contributed by atoms with Gasteiger partial charge in [0.15, 0.2) is 0 Å². The minimum atomic E-state index is 0.117. The largest absolute Gasteiger partial charge is 0.377 e. The molecule has 0 bridgehead atoms. The quantitative estimate of drug-likeness (QED) is 0.800. The molecule has 2 nitrogen and oxygen atoms in total. The molecule has 0 aliphatic rings. The fraction of sp³-hybridized carbons (Fsp3) is 0.571. The highest BCUT2D eigenvalue weighted by Gasteiger charge is 2.20. The monoisotopic (exact) mass is 255 g/mol. The van der Waals surface area contributed by atoms with Gasteiger partial charge in [0.2, 0.25) is 0 Å². The first-order valence-electron chi connectivity index (χ1n) is 6.30. The molecule has 96 valence electrons. The summed E-state index contributed by atoms with van der Waals surface area (Å²) in [4.78, 5) is 0. The van der Waals surface area contributed by atoms with Gasteiger partial charge in [0, 0.05) is 11.6 Å². The highest BCUT2D eigenvalue weighted by atomic mass is 35.5. The molecule has 2 unspecified atom stereocenters. The summed E-state index contributed by atoms with van der Waals surface area (Å²) >= 11 is 6.25. The standard InChI is InChI=1S/C14H22ClNO/c1-4-10-16-14(11(3)17-5-2)12-8-6-7-9-13(12)15/h6-9,11,14,16H,4-5,10H2,1-3H3. The van der Waals surface area contributed by atoms with Crippen molar-refractivity contribution in [3.8, 4) is 0 Å². The van der Waals surface area contributed by atoms with Gasteiger partial charge >= 0.3 is 0 Å². The van der Waals surface area contributed by atoms with Crippen LogP contribution in [0.25, 0.3) is 0 Å². The molecule has 2 atom stereocenters. The van der Waals surface area contributed by atoms with Crippen LogP contribution in [0.1, 0.15) is 38.8 Å². The fourth-order valence-corrected chi connectivity index (χ4v) is 2.17. The van der Waals surface area contributed by atoms with Gasteiger partial charge in [-0.1, -0.05) is 36.7 Å². The van der Waals surface area contributed by atoms with Gasteiger partial charge in [-0.25, -0.2) is 0 Å². The maximum Gasteiger partial charge on any atom is 0.0742 e. The summed E-state index contributed by atoms with van der Waals surface area (Å²) < 4.78 is 5.69. The van der Waals surface area contributed by atoms with Crippen molar-refractivity contribution in [1.29, 1.82) is 0 Å². The van der Waals surface area contributed by atoms with E-state index in [9.17, 15) is 0 Å². The van der Waals surface area contributed by atoms with Crippen LogP contribution in [0.3, 0.4) is 0 Å². The van der Waals surface area contributed by atoms with Crippen LogP contribution < -0.4 is 5.32 Å². The van der Waals surface area contributed by atoms with Crippen molar-refractivity contribution in [1.82, 2.24) is 5.32 Å². The van der Waals surface area contributed by atoms with E-state index in [-0.39, 0.29) is 12.1 Å². The molecule has 0 amide bonds. The maximum atomic E-state index is 6.25. The summed E-state index contributed by atoms with van der Waals surface area (Å²) in [5, 5.41) is 4.30. The molecule has 0 aromatic heterocycles. The molecule has 0 heterocycles. The van der Waals surface area contributed by atoms with Crippen molar-refractivity contribution in [3.63, 3.8) is 0 Å². The molecule has 1 N–H and O–H groups in total. The maximum absolute atomic E-state index is 6.25. The predicted octanol–water partition coefficient (Wildman–Crippen LogP) is 3.81. The Bertz CT molecular complexity index is 330. The lowest BCUT2D eigenvalue weighted by atomic mass is 10.0. The zero-order chi connectivity index (χ0) is 12.7. The SMILES string of the molecule is CCCNC(c1ccccc1Cl)C(C)OCC. The molecule has 0 fully saturated rings. The molecule has 0 radical (unpaired) electrons. The number of nitrogens with one attached hydrogen (secondary N) is 1. The Labute approximate surface area is 109 Å². The highest BCUT2D eigenvalue weighted by molar-refractivity contribution is 6.31. The van der Waals surface area contributed by atoms with Crippen LogP contribution in [0.4, 0.5) is 0 Å². The van der Waals surface area contributed by atoms with E-state index in [0.29, 0.717) is 0 Å². The lowest BCUT2D eigenvalue weighted by molar-refractivity contribution is 0.0473. The molecule has 17 heavy (non-hydrogen) atoms. The minimum absolute atomic E-state index is 0.117. The van der Waals surface area contributed by atoms with Crippen LogP contribution in [0.15, 0.2) is 24.3 Å². The Morgan fingerprint density at radius 2 is 2.00 bits per heavy atom. The van der Waals surface area contributed by atoms with Gasteiger partial charge in [-0.2, -0.15) is 0 Å². The number of benzene rings is 1. The van der Waals surface area contributed by atoms with E-state index in [0.717, 1.165) is 30.2 Å². The van der Waals surface area contributed by atoms with E-state index >= 15 is 0 Å². The third-order valence-corrected chi connectivity index (χ3v) is 3.10. The van der Waals surface area contributed by atoms with Gasteiger partial charge in [-0.05, 0) is 38.4 Å². The van der Waals surface area contributed by atoms with Gasteiger partial charge in [-0.15, -0.1) is 0 Å². The predicted molar refractivity (Wildman–Crippen MR) is 73.6 cm³/mol. The van der Waals surface area contributed by atoms with E-state index < -0.39 is 0 Å². The number of hydrogen-bond donors (Lipinski definition) is 1. The van der Waals surface area contributed by atoms with Gasteiger partial charge < -0.3 is 10.1 Å². The van der Waals surface area contributed by atoms with Crippen LogP contribution in [0.2, 0.25) is 5.02 Å². The number of ether oxygens (including phenoxy) is 1.